The van der Waals surface area contributed by atoms with Crippen LogP contribution in [0.5, 0.6) is 0 Å². The van der Waals surface area contributed by atoms with E-state index in [-0.39, 0.29) is 47.2 Å². The largest absolute Gasteiger partial charge is 0.469 e. The molecule has 2 aromatic carbocycles. The minimum atomic E-state index is -2.30. The second-order valence-corrected chi connectivity index (χ2v) is 30.0. The van der Waals surface area contributed by atoms with Gasteiger partial charge in [0.05, 0.1) is 19.3 Å². The summed E-state index contributed by atoms with van der Waals surface area (Å²) in [6.07, 6.45) is 11.3. The van der Waals surface area contributed by atoms with E-state index in [9.17, 15) is 14.4 Å². The normalized spacial score (nSPS) is 17.3. The molecule has 0 radical (unpaired) electrons. The minimum absolute atomic E-state index is 0.0490. The molecular formula is C49H77NO8SSi2. The number of carbonyl (C=O) groups is 3. The van der Waals surface area contributed by atoms with E-state index in [2.05, 4.69) is 92.1 Å². The Hall–Kier alpha value is -3.17. The summed E-state index contributed by atoms with van der Waals surface area (Å²) in [4.78, 5) is 40.5. The van der Waals surface area contributed by atoms with Crippen molar-refractivity contribution in [2.24, 2.45) is 5.92 Å². The molecule has 0 heterocycles. The Labute approximate surface area is 374 Å². The van der Waals surface area contributed by atoms with E-state index in [4.69, 9.17) is 23.1 Å². The minimum Gasteiger partial charge on any atom is -0.469 e. The molecule has 12 heteroatoms. The van der Waals surface area contributed by atoms with Crippen molar-refractivity contribution in [1.29, 1.82) is 0 Å². The molecule has 0 saturated heterocycles. The summed E-state index contributed by atoms with van der Waals surface area (Å²) in [5, 5.41) is 2.84. The fourth-order valence-electron chi connectivity index (χ4n) is 6.48. The van der Waals surface area contributed by atoms with E-state index >= 15 is 0 Å². The molecule has 9 nitrogen and oxygen atoms in total. The number of methoxy groups -OCH3 is 1. The highest BCUT2D eigenvalue weighted by Crippen LogP contribution is 2.47. The standard InChI is InChI=1S/C49H77NO8SSi2/c1-13-14-18-29-39(57-60(9,10)48(2,3)4)31-32-40-42(58-61(11,12)49(5,6)7)35-43(45(40)59-33-24-17-23-30-44(51)54-8)56-46(52)41(34-37-25-19-15-20-26-37)50-47(53)55-36-38-27-21-16-22-28-38/h15-16,19-22,25-28,31-32,39-42H,13-14,17-18,23-24,29-30,33-36H2,1-12H3,(H,50,53)/b32-31+/t39-,40-,41-,42+/m0/s1. The summed E-state index contributed by atoms with van der Waals surface area (Å²) in [5.74, 6) is 0.415. The number of thioether (sulfide) groups is 1. The number of hydrogen-bond donors (Lipinski definition) is 1. The zero-order chi connectivity index (χ0) is 45.3. The van der Waals surface area contributed by atoms with Gasteiger partial charge in [0.25, 0.3) is 0 Å². The molecule has 0 bridgehead atoms. The molecule has 340 valence electrons. The topological polar surface area (TPSA) is 109 Å². The summed E-state index contributed by atoms with van der Waals surface area (Å²) in [6, 6.07) is 18.0. The number of benzene rings is 2. The first-order valence-corrected chi connectivity index (χ1v) is 29.2. The number of amides is 1. The van der Waals surface area contributed by atoms with Gasteiger partial charge < -0.3 is 28.4 Å². The van der Waals surface area contributed by atoms with Gasteiger partial charge in [-0.2, -0.15) is 0 Å². The quantitative estimate of drug-likeness (QED) is 0.0362. The van der Waals surface area contributed by atoms with E-state index in [0.29, 0.717) is 18.6 Å². The first kappa shape index (κ1) is 52.2. The molecule has 61 heavy (non-hydrogen) atoms. The number of esters is 2. The smallest absolute Gasteiger partial charge is 0.408 e. The molecule has 0 unspecified atom stereocenters. The number of nitrogens with one attached hydrogen (secondary N) is 1. The number of unbranched alkanes of at least 4 members (excludes halogenated alkanes) is 4. The zero-order valence-electron chi connectivity index (χ0n) is 39.4. The fraction of sp³-hybridized carbons (Fsp3) is 0.612. The fourth-order valence-corrected chi connectivity index (χ4v) is 10.4. The van der Waals surface area contributed by atoms with Crippen molar-refractivity contribution in [2.75, 3.05) is 12.9 Å². The molecule has 1 amide bonds. The second-order valence-electron chi connectivity index (χ2n) is 19.3. The van der Waals surface area contributed by atoms with Crippen LogP contribution in [0.4, 0.5) is 4.79 Å². The van der Waals surface area contributed by atoms with Gasteiger partial charge >= 0.3 is 18.0 Å². The van der Waals surface area contributed by atoms with Crippen LogP contribution in [0, 0.1) is 5.92 Å². The molecule has 2 aromatic rings. The van der Waals surface area contributed by atoms with Crippen LogP contribution in [0.25, 0.3) is 0 Å². The third kappa shape index (κ3) is 17.5. The number of alkyl carbamates (subject to hydrolysis) is 1. The van der Waals surface area contributed by atoms with Gasteiger partial charge in [0.2, 0.25) is 0 Å². The Bertz CT molecular complexity index is 1720. The average molecular weight is 896 g/mol. The molecule has 0 fully saturated rings. The highest BCUT2D eigenvalue weighted by molar-refractivity contribution is 8.03. The Morgan fingerprint density at radius 1 is 0.836 bits per heavy atom. The van der Waals surface area contributed by atoms with Crippen molar-refractivity contribution < 1.29 is 37.4 Å². The van der Waals surface area contributed by atoms with Crippen molar-refractivity contribution >= 4 is 46.4 Å². The van der Waals surface area contributed by atoms with E-state index in [1.54, 1.807) is 11.8 Å². The van der Waals surface area contributed by atoms with Gasteiger partial charge in [-0.05, 0) is 72.4 Å². The van der Waals surface area contributed by atoms with Crippen LogP contribution in [0.2, 0.25) is 36.3 Å². The molecule has 0 aliphatic heterocycles. The lowest BCUT2D eigenvalue weighted by Gasteiger charge is -2.40. The van der Waals surface area contributed by atoms with Gasteiger partial charge in [-0.1, -0.05) is 147 Å². The Balaban J connectivity index is 2.05. The average Bonchev–Trinajstić information content (AvgIpc) is 3.50. The maximum atomic E-state index is 14.4. The summed E-state index contributed by atoms with van der Waals surface area (Å²) in [7, 11) is -2.99. The molecule has 1 aliphatic rings. The maximum absolute atomic E-state index is 14.4. The highest BCUT2D eigenvalue weighted by atomic mass is 32.2. The Morgan fingerprint density at radius 2 is 1.46 bits per heavy atom. The molecular weight excluding hydrogens is 819 g/mol. The monoisotopic (exact) mass is 895 g/mol. The number of ether oxygens (including phenoxy) is 3. The van der Waals surface area contributed by atoms with Crippen LogP contribution in [-0.4, -0.2) is 65.8 Å². The first-order chi connectivity index (χ1) is 28.7. The second kappa shape index (κ2) is 24.6. The van der Waals surface area contributed by atoms with Crippen molar-refractivity contribution in [2.45, 2.75) is 174 Å². The maximum Gasteiger partial charge on any atom is 0.408 e. The molecule has 1 N–H and O–H groups in total. The lowest BCUT2D eigenvalue weighted by atomic mass is 10.0. The van der Waals surface area contributed by atoms with Gasteiger partial charge in [0.1, 0.15) is 18.4 Å². The lowest BCUT2D eigenvalue weighted by Crippen LogP contribution is -2.45. The molecule has 0 spiro atoms. The van der Waals surface area contributed by atoms with Gasteiger partial charge in [-0.3, -0.25) is 4.79 Å². The number of carbonyl (C=O) groups excluding carboxylic acids is 3. The predicted molar refractivity (Wildman–Crippen MR) is 255 cm³/mol. The van der Waals surface area contributed by atoms with Crippen LogP contribution >= 0.6 is 11.8 Å². The van der Waals surface area contributed by atoms with Gasteiger partial charge in [-0.25, -0.2) is 9.59 Å². The Kier molecular flexibility index (Phi) is 21.1. The van der Waals surface area contributed by atoms with Gasteiger partial charge in [-0.15, -0.1) is 11.8 Å². The third-order valence-corrected chi connectivity index (χ3v) is 22.6. The van der Waals surface area contributed by atoms with Crippen LogP contribution in [-0.2, 0) is 45.7 Å². The third-order valence-electron chi connectivity index (χ3n) is 12.3. The summed E-state index contributed by atoms with van der Waals surface area (Å²) < 4.78 is 31.2. The highest BCUT2D eigenvalue weighted by Gasteiger charge is 2.45. The molecule has 1 aliphatic carbocycles. The van der Waals surface area contributed by atoms with Crippen LogP contribution < -0.4 is 5.32 Å². The lowest BCUT2D eigenvalue weighted by molar-refractivity contribution is -0.142. The SMILES string of the molecule is CCCCC[C@@H](/C=C/[C@@H]1C(SCCCCCC(=O)OC)=C(OC(=O)[C@H](Cc2ccccc2)NC(=O)OCc2ccccc2)C[C@H]1O[Si](C)(C)C(C)(C)C)O[Si](C)(C)C(C)(C)C. The van der Waals surface area contributed by atoms with Crippen molar-refractivity contribution in [1.82, 2.24) is 5.32 Å². The van der Waals surface area contributed by atoms with E-state index in [0.717, 1.165) is 66.7 Å². The molecule has 4 atom stereocenters. The molecule has 0 aromatic heterocycles. The van der Waals surface area contributed by atoms with Gasteiger partial charge in [0, 0.05) is 30.1 Å². The van der Waals surface area contributed by atoms with Crippen LogP contribution in [0.3, 0.4) is 0 Å². The summed E-state index contributed by atoms with van der Waals surface area (Å²) in [6.45, 7) is 25.0. The first-order valence-electron chi connectivity index (χ1n) is 22.4. The molecule has 3 rings (SSSR count). The van der Waals surface area contributed by atoms with Crippen molar-refractivity contribution in [3.8, 4) is 0 Å². The van der Waals surface area contributed by atoms with Crippen molar-refractivity contribution in [3.05, 3.63) is 94.6 Å². The predicted octanol–water partition coefficient (Wildman–Crippen LogP) is 12.7. The summed E-state index contributed by atoms with van der Waals surface area (Å²) in [5.41, 5.74) is 1.72. The zero-order valence-corrected chi connectivity index (χ0v) is 42.2. The van der Waals surface area contributed by atoms with E-state index in [1.807, 2.05) is 60.7 Å². The van der Waals surface area contributed by atoms with E-state index in [1.165, 1.54) is 7.11 Å². The van der Waals surface area contributed by atoms with Crippen LogP contribution in [0.1, 0.15) is 117 Å². The molecule has 0 saturated carbocycles. The van der Waals surface area contributed by atoms with Crippen LogP contribution in [0.15, 0.2) is 83.5 Å². The summed E-state index contributed by atoms with van der Waals surface area (Å²) >= 11 is 1.70. The van der Waals surface area contributed by atoms with Crippen molar-refractivity contribution in [3.63, 3.8) is 0 Å². The number of hydrogen-bond acceptors (Lipinski definition) is 9. The Morgan fingerprint density at radius 3 is 2.05 bits per heavy atom. The van der Waals surface area contributed by atoms with E-state index < -0.39 is 34.7 Å². The number of rotatable bonds is 24. The van der Waals surface area contributed by atoms with Gasteiger partial charge in [0.15, 0.2) is 16.6 Å².